The second-order valence-corrected chi connectivity index (χ2v) is 7.00. The Morgan fingerprint density at radius 1 is 1.07 bits per heavy atom. The van der Waals surface area contributed by atoms with E-state index in [-0.39, 0.29) is 11.3 Å². The number of hydrogen-bond acceptors (Lipinski definition) is 5. The summed E-state index contributed by atoms with van der Waals surface area (Å²) < 4.78 is 5.57. The molecule has 0 radical (unpaired) electrons. The van der Waals surface area contributed by atoms with Crippen molar-refractivity contribution in [1.29, 1.82) is 0 Å². The lowest BCUT2D eigenvalue weighted by Gasteiger charge is -2.25. The highest BCUT2D eigenvalue weighted by Gasteiger charge is 2.45. The van der Waals surface area contributed by atoms with Gasteiger partial charge in [-0.05, 0) is 54.8 Å². The summed E-state index contributed by atoms with van der Waals surface area (Å²) in [5, 5.41) is 11.0. The molecule has 1 aliphatic rings. The zero-order valence-electron chi connectivity index (χ0n) is 16.8. The van der Waals surface area contributed by atoms with E-state index in [4.69, 9.17) is 4.74 Å². The van der Waals surface area contributed by atoms with Crippen molar-refractivity contribution in [3.05, 3.63) is 65.5 Å². The van der Waals surface area contributed by atoms with Gasteiger partial charge in [0.15, 0.2) is 0 Å². The van der Waals surface area contributed by atoms with Gasteiger partial charge in [-0.15, -0.1) is 0 Å². The van der Waals surface area contributed by atoms with E-state index in [1.165, 1.54) is 0 Å². The highest BCUT2D eigenvalue weighted by molar-refractivity contribution is 6.46. The minimum Gasteiger partial charge on any atom is -0.507 e. The lowest BCUT2D eigenvalue weighted by Crippen LogP contribution is -2.30. The number of carbonyl (C=O) groups excluding carboxylic acids is 2. The summed E-state index contributed by atoms with van der Waals surface area (Å²) in [6.45, 7) is 5.11. The van der Waals surface area contributed by atoms with Gasteiger partial charge >= 0.3 is 0 Å². The monoisotopic (exact) mass is 394 g/mol. The molecular weight excluding hydrogens is 368 g/mol. The van der Waals surface area contributed by atoms with Crippen LogP contribution in [0.2, 0.25) is 0 Å². The maximum atomic E-state index is 12.8. The molecule has 1 N–H and O–H groups in total. The van der Waals surface area contributed by atoms with Crippen molar-refractivity contribution in [2.45, 2.75) is 39.2 Å². The number of aliphatic hydroxyl groups is 1. The number of ketones is 1. The molecule has 1 atom stereocenters. The highest BCUT2D eigenvalue weighted by atomic mass is 16.5. The lowest BCUT2D eigenvalue weighted by molar-refractivity contribution is -0.139. The maximum absolute atomic E-state index is 12.8. The summed E-state index contributed by atoms with van der Waals surface area (Å²) in [6, 6.07) is 9.81. The molecule has 6 nitrogen and oxygen atoms in total. The molecule has 6 heteroatoms. The van der Waals surface area contributed by atoms with Crippen LogP contribution in [-0.2, 0) is 9.59 Å². The first-order valence-electron chi connectivity index (χ1n) is 10.00. The molecule has 29 heavy (non-hydrogen) atoms. The van der Waals surface area contributed by atoms with E-state index in [9.17, 15) is 14.7 Å². The molecule has 0 bridgehead atoms. The van der Waals surface area contributed by atoms with Crippen LogP contribution in [0.5, 0.6) is 5.75 Å². The average Bonchev–Trinajstić information content (AvgIpc) is 3.01. The molecule has 2 aromatic rings. The molecule has 1 aliphatic heterocycles. The minimum absolute atomic E-state index is 0.111. The SMILES string of the molecule is CCCCN1C(=O)C(=O)/C(=C(\O)c2ccc(OCCC)cc2)C1c1ccncc1. The van der Waals surface area contributed by atoms with Gasteiger partial charge in [0.2, 0.25) is 0 Å². The second kappa shape index (κ2) is 9.37. The van der Waals surface area contributed by atoms with Gasteiger partial charge in [0.05, 0.1) is 18.2 Å². The number of pyridine rings is 1. The van der Waals surface area contributed by atoms with E-state index in [0.717, 1.165) is 24.8 Å². The third-order valence-electron chi connectivity index (χ3n) is 4.91. The van der Waals surface area contributed by atoms with Crippen molar-refractivity contribution in [1.82, 2.24) is 9.88 Å². The van der Waals surface area contributed by atoms with Gasteiger partial charge in [0.1, 0.15) is 11.5 Å². The Hall–Kier alpha value is -3.15. The summed E-state index contributed by atoms with van der Waals surface area (Å²) in [5.41, 5.74) is 1.33. The Kier molecular flexibility index (Phi) is 6.65. The van der Waals surface area contributed by atoms with Gasteiger partial charge in [0, 0.05) is 24.5 Å². The molecule has 3 rings (SSSR count). The van der Waals surface area contributed by atoms with E-state index in [0.29, 0.717) is 24.5 Å². The summed E-state index contributed by atoms with van der Waals surface area (Å²) in [6.07, 6.45) is 5.81. The topological polar surface area (TPSA) is 79.7 Å². The largest absolute Gasteiger partial charge is 0.507 e. The molecule has 1 unspecified atom stereocenters. The van der Waals surface area contributed by atoms with E-state index in [2.05, 4.69) is 4.98 Å². The number of likely N-dealkylation sites (tertiary alicyclic amines) is 1. The van der Waals surface area contributed by atoms with Gasteiger partial charge in [-0.3, -0.25) is 14.6 Å². The normalized spacial score (nSPS) is 18.3. The molecule has 0 saturated carbocycles. The first kappa shape index (κ1) is 20.6. The Balaban J connectivity index is 2.03. The molecular formula is C23H26N2O4. The summed E-state index contributed by atoms with van der Waals surface area (Å²) in [7, 11) is 0. The fourth-order valence-corrected chi connectivity index (χ4v) is 3.42. The van der Waals surface area contributed by atoms with Gasteiger partial charge in [0.25, 0.3) is 11.7 Å². The third-order valence-corrected chi connectivity index (χ3v) is 4.91. The van der Waals surface area contributed by atoms with Gasteiger partial charge in [-0.2, -0.15) is 0 Å². The lowest BCUT2D eigenvalue weighted by atomic mass is 9.96. The van der Waals surface area contributed by atoms with Crippen LogP contribution in [0.4, 0.5) is 0 Å². The second-order valence-electron chi connectivity index (χ2n) is 7.00. The van der Waals surface area contributed by atoms with Crippen molar-refractivity contribution >= 4 is 17.4 Å². The number of aromatic nitrogens is 1. The van der Waals surface area contributed by atoms with Crippen molar-refractivity contribution in [2.75, 3.05) is 13.2 Å². The van der Waals surface area contributed by atoms with Crippen LogP contribution in [0.3, 0.4) is 0 Å². The van der Waals surface area contributed by atoms with Crippen LogP contribution >= 0.6 is 0 Å². The van der Waals surface area contributed by atoms with Gasteiger partial charge in [-0.25, -0.2) is 0 Å². The number of ether oxygens (including phenoxy) is 1. The Morgan fingerprint density at radius 2 is 1.76 bits per heavy atom. The quantitative estimate of drug-likeness (QED) is 0.414. The molecule has 152 valence electrons. The van der Waals surface area contributed by atoms with E-state index in [1.807, 2.05) is 13.8 Å². The van der Waals surface area contributed by atoms with Crippen molar-refractivity contribution in [2.24, 2.45) is 0 Å². The summed E-state index contributed by atoms with van der Waals surface area (Å²) in [5.74, 6) is -0.722. The highest BCUT2D eigenvalue weighted by Crippen LogP contribution is 2.39. The van der Waals surface area contributed by atoms with Crippen LogP contribution in [0.15, 0.2) is 54.4 Å². The van der Waals surface area contributed by atoms with Crippen molar-refractivity contribution in [3.8, 4) is 5.75 Å². The number of aliphatic hydroxyl groups excluding tert-OH is 1. The van der Waals surface area contributed by atoms with E-state index >= 15 is 0 Å². The first-order chi connectivity index (χ1) is 14.1. The molecule has 1 aromatic heterocycles. The van der Waals surface area contributed by atoms with Gasteiger partial charge < -0.3 is 14.7 Å². The maximum Gasteiger partial charge on any atom is 0.295 e. The van der Waals surface area contributed by atoms with Crippen molar-refractivity contribution < 1.29 is 19.4 Å². The number of amides is 1. The molecule has 0 spiro atoms. The van der Waals surface area contributed by atoms with Crippen LogP contribution in [0, 0.1) is 0 Å². The minimum atomic E-state index is -0.660. The number of benzene rings is 1. The number of unbranched alkanes of at least 4 members (excludes halogenated alkanes) is 1. The van der Waals surface area contributed by atoms with Crippen LogP contribution in [0.1, 0.15) is 50.3 Å². The molecule has 1 aromatic carbocycles. The molecule has 1 saturated heterocycles. The fraction of sp³-hybridized carbons (Fsp3) is 0.348. The van der Waals surface area contributed by atoms with Crippen LogP contribution in [0.25, 0.3) is 5.76 Å². The molecule has 2 heterocycles. The van der Waals surface area contributed by atoms with Crippen molar-refractivity contribution in [3.63, 3.8) is 0 Å². The summed E-state index contributed by atoms with van der Waals surface area (Å²) in [4.78, 5) is 31.1. The zero-order valence-corrected chi connectivity index (χ0v) is 16.8. The average molecular weight is 394 g/mol. The fourth-order valence-electron chi connectivity index (χ4n) is 3.42. The number of nitrogens with zero attached hydrogens (tertiary/aromatic N) is 2. The molecule has 1 amide bonds. The number of Topliss-reactive ketones (excluding diaryl/α,β-unsaturated/α-hetero) is 1. The first-order valence-corrected chi connectivity index (χ1v) is 10.00. The smallest absolute Gasteiger partial charge is 0.295 e. The number of carbonyl (C=O) groups is 2. The predicted molar refractivity (Wildman–Crippen MR) is 110 cm³/mol. The number of hydrogen-bond donors (Lipinski definition) is 1. The van der Waals surface area contributed by atoms with E-state index in [1.54, 1.807) is 53.7 Å². The van der Waals surface area contributed by atoms with E-state index < -0.39 is 17.7 Å². The Labute approximate surface area is 170 Å². The standard InChI is InChI=1S/C23H26N2O4/c1-3-5-14-25-20(16-10-12-24-13-11-16)19(22(27)23(25)28)21(26)17-6-8-18(9-7-17)29-15-4-2/h6-13,20,26H,3-5,14-15H2,1-2H3/b21-19-. The van der Waals surface area contributed by atoms with Gasteiger partial charge in [-0.1, -0.05) is 20.3 Å². The molecule has 1 fully saturated rings. The zero-order chi connectivity index (χ0) is 20.8. The summed E-state index contributed by atoms with van der Waals surface area (Å²) >= 11 is 0. The Morgan fingerprint density at radius 3 is 2.38 bits per heavy atom. The van der Waals surface area contributed by atoms with Crippen LogP contribution in [-0.4, -0.2) is 39.8 Å². The van der Waals surface area contributed by atoms with Crippen LogP contribution < -0.4 is 4.74 Å². The Bertz CT molecular complexity index is 891. The molecule has 0 aliphatic carbocycles. The predicted octanol–water partition coefficient (Wildman–Crippen LogP) is 4.09. The third kappa shape index (κ3) is 4.31. The number of rotatable bonds is 8.